The van der Waals surface area contributed by atoms with E-state index in [4.69, 9.17) is 0 Å². The Morgan fingerprint density at radius 3 is 2.78 bits per heavy atom. The van der Waals surface area contributed by atoms with Gasteiger partial charge in [0.05, 0.1) is 0 Å². The molecule has 2 heterocycles. The van der Waals surface area contributed by atoms with Crippen molar-refractivity contribution in [1.82, 2.24) is 20.2 Å². The van der Waals surface area contributed by atoms with Gasteiger partial charge in [-0.15, -0.1) is 5.10 Å². The third-order valence-electron chi connectivity index (χ3n) is 2.88. The molecule has 0 saturated heterocycles. The predicted molar refractivity (Wildman–Crippen MR) is 75.6 cm³/mol. The molecular weight excluding hydrogens is 308 g/mol. The third-order valence-corrected chi connectivity index (χ3v) is 2.88. The van der Waals surface area contributed by atoms with E-state index in [1.165, 1.54) is 0 Å². The van der Waals surface area contributed by atoms with E-state index in [-0.39, 0.29) is 5.95 Å². The molecule has 0 fully saturated rings. The molecule has 23 heavy (non-hydrogen) atoms. The second-order valence-corrected chi connectivity index (χ2v) is 4.46. The molecule has 116 valence electrons. The number of aromatic hydroxyl groups is 1. The van der Waals surface area contributed by atoms with Gasteiger partial charge in [0.2, 0.25) is 5.95 Å². The van der Waals surface area contributed by atoms with Crippen LogP contribution in [0.15, 0.2) is 36.5 Å². The van der Waals surface area contributed by atoms with Crippen LogP contribution in [0.4, 0.5) is 14.7 Å². The number of hydrogen-bond acceptors (Lipinski definition) is 5. The van der Waals surface area contributed by atoms with Crippen molar-refractivity contribution in [3.8, 4) is 17.3 Å². The van der Waals surface area contributed by atoms with Crippen molar-refractivity contribution in [1.29, 1.82) is 0 Å². The number of aromatic amines is 1. The Bertz CT molecular complexity index is 844. The van der Waals surface area contributed by atoms with Crippen LogP contribution in [-0.2, 0) is 0 Å². The third kappa shape index (κ3) is 2.98. The lowest BCUT2D eigenvalue weighted by atomic mass is 10.1. The zero-order valence-corrected chi connectivity index (χ0v) is 11.4. The summed E-state index contributed by atoms with van der Waals surface area (Å²) in [6.45, 7) is 0. The second kappa shape index (κ2) is 5.79. The number of carbonyl (C=O) groups is 1. The molecule has 0 radical (unpaired) electrons. The predicted octanol–water partition coefficient (Wildman–Crippen LogP) is 2.10. The summed E-state index contributed by atoms with van der Waals surface area (Å²) in [5, 5.41) is 18.0. The number of benzene rings is 1. The Hall–Kier alpha value is -3.36. The van der Waals surface area contributed by atoms with Crippen LogP contribution in [0, 0.1) is 11.6 Å². The smallest absolute Gasteiger partial charge is 0.264 e. The largest absolute Gasteiger partial charge is 0.507 e. The molecule has 7 nitrogen and oxygen atoms in total. The van der Waals surface area contributed by atoms with Crippen LogP contribution in [0.3, 0.4) is 0 Å². The minimum atomic E-state index is -1.19. The molecule has 2 aromatic heterocycles. The highest BCUT2D eigenvalue weighted by atomic mass is 19.1. The number of nitrogens with one attached hydrogen (secondary N) is 2. The Labute approximate surface area is 128 Å². The first-order valence-corrected chi connectivity index (χ1v) is 6.38. The fraction of sp³-hybridized carbons (Fsp3) is 0. The molecule has 3 aromatic rings. The van der Waals surface area contributed by atoms with Crippen LogP contribution in [-0.4, -0.2) is 31.2 Å². The Morgan fingerprint density at radius 1 is 1.26 bits per heavy atom. The van der Waals surface area contributed by atoms with Crippen molar-refractivity contribution >= 4 is 11.9 Å². The molecule has 0 atom stereocenters. The average Bonchev–Trinajstić information content (AvgIpc) is 2.95. The van der Waals surface area contributed by atoms with Gasteiger partial charge in [0.15, 0.2) is 5.82 Å². The summed E-state index contributed by atoms with van der Waals surface area (Å²) < 4.78 is 26.5. The van der Waals surface area contributed by atoms with Crippen LogP contribution < -0.4 is 5.32 Å². The van der Waals surface area contributed by atoms with E-state index in [9.17, 15) is 18.7 Å². The van der Waals surface area contributed by atoms with Crippen molar-refractivity contribution in [2.75, 3.05) is 5.32 Å². The van der Waals surface area contributed by atoms with E-state index in [2.05, 4.69) is 25.5 Å². The van der Waals surface area contributed by atoms with Gasteiger partial charge in [0.1, 0.15) is 28.6 Å². The van der Waals surface area contributed by atoms with Crippen molar-refractivity contribution in [3.63, 3.8) is 0 Å². The maximum absolute atomic E-state index is 13.6. The highest BCUT2D eigenvalue weighted by molar-refractivity contribution is 6.05. The highest BCUT2D eigenvalue weighted by Crippen LogP contribution is 2.23. The number of anilines is 1. The highest BCUT2D eigenvalue weighted by Gasteiger charge is 2.20. The zero-order chi connectivity index (χ0) is 16.4. The number of aromatic nitrogens is 4. The van der Waals surface area contributed by atoms with Crippen LogP contribution in [0.1, 0.15) is 10.4 Å². The SMILES string of the molecule is O=C(Nc1n[nH]c(-c2ccccn2)n1)c1c(O)cc(F)cc1F. The standard InChI is InChI=1S/C14H9F2N5O2/c15-7-5-8(16)11(10(22)6-7)13(23)19-14-18-12(20-21-14)9-3-1-2-4-17-9/h1-6,22H,(H2,18,19,20,21,23). The van der Waals surface area contributed by atoms with Crippen LogP contribution >= 0.6 is 0 Å². The first-order valence-electron chi connectivity index (χ1n) is 6.38. The molecular formula is C14H9F2N5O2. The number of carbonyl (C=O) groups excluding carboxylic acids is 1. The number of phenols is 1. The molecule has 0 spiro atoms. The first-order chi connectivity index (χ1) is 11.0. The molecule has 0 saturated carbocycles. The van der Waals surface area contributed by atoms with Gasteiger partial charge in [0, 0.05) is 18.3 Å². The fourth-order valence-electron chi connectivity index (χ4n) is 1.88. The normalized spacial score (nSPS) is 10.5. The number of rotatable bonds is 3. The molecule has 3 rings (SSSR count). The number of phenolic OH excluding ortho intramolecular Hbond substituents is 1. The summed E-state index contributed by atoms with van der Waals surface area (Å²) in [6.07, 6.45) is 1.56. The monoisotopic (exact) mass is 317 g/mol. The Morgan fingerprint density at radius 2 is 2.09 bits per heavy atom. The lowest BCUT2D eigenvalue weighted by Crippen LogP contribution is -2.15. The van der Waals surface area contributed by atoms with Crippen molar-refractivity contribution in [2.24, 2.45) is 0 Å². The van der Waals surface area contributed by atoms with Gasteiger partial charge in [-0.05, 0) is 12.1 Å². The maximum atomic E-state index is 13.6. The molecule has 0 aliphatic carbocycles. The van der Waals surface area contributed by atoms with Crippen LogP contribution in [0.2, 0.25) is 0 Å². The summed E-state index contributed by atoms with van der Waals surface area (Å²) in [5.41, 5.74) is -0.202. The van der Waals surface area contributed by atoms with E-state index in [1.54, 1.807) is 24.4 Å². The molecule has 3 N–H and O–H groups in total. The van der Waals surface area contributed by atoms with E-state index in [0.717, 1.165) is 0 Å². The minimum Gasteiger partial charge on any atom is -0.507 e. The van der Waals surface area contributed by atoms with Gasteiger partial charge >= 0.3 is 0 Å². The molecule has 0 bridgehead atoms. The molecule has 0 aliphatic heterocycles. The fourth-order valence-corrected chi connectivity index (χ4v) is 1.88. The summed E-state index contributed by atoms with van der Waals surface area (Å²) in [4.78, 5) is 20.0. The first kappa shape index (κ1) is 14.6. The average molecular weight is 317 g/mol. The van der Waals surface area contributed by atoms with Gasteiger partial charge in [0.25, 0.3) is 5.91 Å². The summed E-state index contributed by atoms with van der Waals surface area (Å²) in [5.74, 6) is -3.86. The Balaban J connectivity index is 1.83. The molecule has 0 aliphatic rings. The van der Waals surface area contributed by atoms with Gasteiger partial charge in [-0.3, -0.25) is 20.2 Å². The molecule has 0 unspecified atom stereocenters. The van der Waals surface area contributed by atoms with Gasteiger partial charge in [-0.1, -0.05) is 6.07 Å². The number of hydrogen-bond donors (Lipinski definition) is 3. The van der Waals surface area contributed by atoms with E-state index in [1.807, 2.05) is 0 Å². The number of halogens is 2. The van der Waals surface area contributed by atoms with E-state index < -0.39 is 28.9 Å². The number of nitrogens with zero attached hydrogens (tertiary/aromatic N) is 3. The number of H-pyrrole nitrogens is 1. The number of amides is 1. The summed E-state index contributed by atoms with van der Waals surface area (Å²) >= 11 is 0. The zero-order valence-electron chi connectivity index (χ0n) is 11.4. The van der Waals surface area contributed by atoms with Crippen LogP contribution in [0.5, 0.6) is 5.75 Å². The van der Waals surface area contributed by atoms with E-state index in [0.29, 0.717) is 23.7 Å². The second-order valence-electron chi connectivity index (χ2n) is 4.46. The van der Waals surface area contributed by atoms with Crippen LogP contribution in [0.25, 0.3) is 11.5 Å². The summed E-state index contributed by atoms with van der Waals surface area (Å²) in [6, 6.07) is 6.27. The van der Waals surface area contributed by atoms with E-state index >= 15 is 0 Å². The Kier molecular flexibility index (Phi) is 3.67. The van der Waals surface area contributed by atoms with Crippen molar-refractivity contribution in [2.45, 2.75) is 0 Å². The topological polar surface area (TPSA) is 104 Å². The van der Waals surface area contributed by atoms with Crippen molar-refractivity contribution < 1.29 is 18.7 Å². The molecule has 1 aromatic carbocycles. The number of pyridine rings is 1. The molecule has 9 heteroatoms. The maximum Gasteiger partial charge on any atom is 0.264 e. The lowest BCUT2D eigenvalue weighted by Gasteiger charge is -2.05. The molecule has 1 amide bonds. The minimum absolute atomic E-state index is 0.140. The summed E-state index contributed by atoms with van der Waals surface area (Å²) in [7, 11) is 0. The van der Waals surface area contributed by atoms with Gasteiger partial charge < -0.3 is 5.11 Å². The quantitative estimate of drug-likeness (QED) is 0.686. The van der Waals surface area contributed by atoms with Crippen molar-refractivity contribution in [3.05, 3.63) is 53.7 Å². The lowest BCUT2D eigenvalue weighted by molar-refractivity contribution is 0.101. The van der Waals surface area contributed by atoms with Gasteiger partial charge in [-0.2, -0.15) is 4.98 Å². The van der Waals surface area contributed by atoms with Gasteiger partial charge in [-0.25, -0.2) is 8.78 Å².